The van der Waals surface area contributed by atoms with Crippen LogP contribution in [0.4, 0.5) is 0 Å². The zero-order chi connectivity index (χ0) is 13.4. The Balaban J connectivity index is 2.69. The van der Waals surface area contributed by atoms with Crippen molar-refractivity contribution < 1.29 is 14.9 Å². The largest absolute Gasteiger partial charge is 0.496 e. The monoisotopic (exact) mass is 253 g/mol. The number of methoxy groups -OCH3 is 1. The van der Waals surface area contributed by atoms with Crippen LogP contribution in [0.2, 0.25) is 0 Å². The molecule has 1 rings (SSSR count). The molecule has 0 aromatic heterocycles. The Bertz CT molecular complexity index is 344. The van der Waals surface area contributed by atoms with E-state index in [2.05, 4.69) is 0 Å². The Morgan fingerprint density at radius 3 is 2.67 bits per heavy atom. The fourth-order valence-electron chi connectivity index (χ4n) is 1.88. The van der Waals surface area contributed by atoms with Crippen molar-refractivity contribution >= 4 is 0 Å². The van der Waals surface area contributed by atoms with E-state index in [1.165, 1.54) is 0 Å². The van der Waals surface area contributed by atoms with Crippen LogP contribution in [0, 0.1) is 0 Å². The van der Waals surface area contributed by atoms with Crippen LogP contribution in [0.25, 0.3) is 0 Å². The first-order chi connectivity index (χ1) is 8.71. The van der Waals surface area contributed by atoms with E-state index >= 15 is 0 Å². The van der Waals surface area contributed by atoms with Crippen molar-refractivity contribution in [2.75, 3.05) is 26.8 Å². The van der Waals surface area contributed by atoms with Crippen molar-refractivity contribution in [2.45, 2.75) is 26.0 Å². The second-order valence-electron chi connectivity index (χ2n) is 4.33. The molecule has 4 nitrogen and oxygen atoms in total. The molecule has 0 aliphatic rings. The van der Waals surface area contributed by atoms with E-state index in [1.54, 1.807) is 7.11 Å². The van der Waals surface area contributed by atoms with E-state index in [0.29, 0.717) is 26.1 Å². The van der Waals surface area contributed by atoms with Gasteiger partial charge in [0.1, 0.15) is 5.75 Å². The number of para-hydroxylation sites is 1. The first-order valence-corrected chi connectivity index (χ1v) is 6.34. The van der Waals surface area contributed by atoms with Gasteiger partial charge >= 0.3 is 0 Å². The standard InChI is InChI=1S/C14H23NO3/c1-3-13(17)11-15(8-9-16)10-12-6-4-5-7-14(12)18-2/h4-7,13,16-17H,3,8-11H2,1-2H3. The number of ether oxygens (including phenoxy) is 1. The molecule has 0 fully saturated rings. The van der Waals surface area contributed by atoms with Gasteiger partial charge in [-0.1, -0.05) is 25.1 Å². The molecule has 0 saturated carbocycles. The predicted molar refractivity (Wildman–Crippen MR) is 71.7 cm³/mol. The lowest BCUT2D eigenvalue weighted by atomic mass is 10.1. The van der Waals surface area contributed by atoms with Gasteiger partial charge in [-0.15, -0.1) is 0 Å². The average Bonchev–Trinajstić information content (AvgIpc) is 2.39. The van der Waals surface area contributed by atoms with E-state index in [0.717, 1.165) is 11.3 Å². The summed E-state index contributed by atoms with van der Waals surface area (Å²) >= 11 is 0. The maximum Gasteiger partial charge on any atom is 0.123 e. The van der Waals surface area contributed by atoms with Crippen molar-refractivity contribution in [3.05, 3.63) is 29.8 Å². The minimum atomic E-state index is -0.355. The molecule has 0 radical (unpaired) electrons. The Kier molecular flexibility index (Phi) is 6.72. The van der Waals surface area contributed by atoms with Crippen molar-refractivity contribution in [1.29, 1.82) is 0 Å². The Labute approximate surface area is 109 Å². The second kappa shape index (κ2) is 8.08. The summed E-state index contributed by atoms with van der Waals surface area (Å²) in [6.45, 7) is 3.82. The highest BCUT2D eigenvalue weighted by molar-refractivity contribution is 5.33. The molecule has 1 atom stereocenters. The lowest BCUT2D eigenvalue weighted by molar-refractivity contribution is 0.0925. The van der Waals surface area contributed by atoms with Crippen LogP contribution in [0.3, 0.4) is 0 Å². The van der Waals surface area contributed by atoms with Gasteiger partial charge in [0.15, 0.2) is 0 Å². The fraction of sp³-hybridized carbons (Fsp3) is 0.571. The van der Waals surface area contributed by atoms with Gasteiger partial charge in [-0.25, -0.2) is 0 Å². The molecule has 1 aromatic rings. The second-order valence-corrected chi connectivity index (χ2v) is 4.33. The molecule has 1 aromatic carbocycles. The molecule has 2 N–H and O–H groups in total. The van der Waals surface area contributed by atoms with Gasteiger partial charge in [0.2, 0.25) is 0 Å². The SMILES string of the molecule is CCC(O)CN(CCO)Cc1ccccc1OC. The van der Waals surface area contributed by atoms with Crippen LogP contribution in [-0.2, 0) is 6.54 Å². The van der Waals surface area contributed by atoms with Gasteiger partial charge in [0.05, 0.1) is 19.8 Å². The summed E-state index contributed by atoms with van der Waals surface area (Å²) in [5, 5.41) is 18.8. The van der Waals surface area contributed by atoms with Gasteiger partial charge in [0.25, 0.3) is 0 Å². The number of rotatable bonds is 8. The average molecular weight is 253 g/mol. The van der Waals surface area contributed by atoms with Crippen LogP contribution in [0.1, 0.15) is 18.9 Å². The molecule has 0 amide bonds. The highest BCUT2D eigenvalue weighted by Crippen LogP contribution is 2.19. The highest BCUT2D eigenvalue weighted by Gasteiger charge is 2.12. The predicted octanol–water partition coefficient (Wildman–Crippen LogP) is 1.26. The number of benzene rings is 1. The van der Waals surface area contributed by atoms with Crippen LogP contribution < -0.4 is 4.74 Å². The molecule has 0 saturated heterocycles. The van der Waals surface area contributed by atoms with Crippen LogP contribution >= 0.6 is 0 Å². The van der Waals surface area contributed by atoms with E-state index in [-0.39, 0.29) is 12.7 Å². The molecule has 0 aliphatic heterocycles. The maximum absolute atomic E-state index is 9.70. The summed E-state index contributed by atoms with van der Waals surface area (Å²) in [6.07, 6.45) is 0.361. The molecule has 18 heavy (non-hydrogen) atoms. The molecule has 0 aliphatic carbocycles. The summed E-state index contributed by atoms with van der Waals surface area (Å²) in [6, 6.07) is 7.81. The van der Waals surface area contributed by atoms with E-state index in [4.69, 9.17) is 9.84 Å². The molecule has 1 unspecified atom stereocenters. The summed E-state index contributed by atoms with van der Waals surface area (Å²) in [5.41, 5.74) is 1.07. The summed E-state index contributed by atoms with van der Waals surface area (Å²) < 4.78 is 5.30. The summed E-state index contributed by atoms with van der Waals surface area (Å²) in [4.78, 5) is 2.03. The summed E-state index contributed by atoms with van der Waals surface area (Å²) in [7, 11) is 1.65. The van der Waals surface area contributed by atoms with Crippen LogP contribution in [0.15, 0.2) is 24.3 Å². The Morgan fingerprint density at radius 1 is 1.33 bits per heavy atom. The zero-order valence-electron chi connectivity index (χ0n) is 11.2. The van der Waals surface area contributed by atoms with Gasteiger partial charge < -0.3 is 14.9 Å². The smallest absolute Gasteiger partial charge is 0.123 e. The molecule has 0 bridgehead atoms. The Hall–Kier alpha value is -1.10. The molecular formula is C14H23NO3. The molecule has 0 heterocycles. The third kappa shape index (κ3) is 4.64. The van der Waals surface area contributed by atoms with E-state index in [1.807, 2.05) is 36.1 Å². The third-order valence-corrected chi connectivity index (χ3v) is 2.94. The van der Waals surface area contributed by atoms with Crippen LogP contribution in [0.5, 0.6) is 5.75 Å². The molecule has 102 valence electrons. The first-order valence-electron chi connectivity index (χ1n) is 6.34. The first kappa shape index (κ1) is 15.0. The van der Waals surface area contributed by atoms with Gasteiger partial charge in [-0.3, -0.25) is 4.90 Å². The zero-order valence-corrected chi connectivity index (χ0v) is 11.2. The number of aliphatic hydroxyl groups excluding tert-OH is 2. The molecular weight excluding hydrogens is 230 g/mol. The highest BCUT2D eigenvalue weighted by atomic mass is 16.5. The minimum absolute atomic E-state index is 0.0889. The fourth-order valence-corrected chi connectivity index (χ4v) is 1.88. The van der Waals surface area contributed by atoms with Gasteiger partial charge in [0, 0.05) is 25.2 Å². The number of hydrogen-bond donors (Lipinski definition) is 2. The number of nitrogens with zero attached hydrogens (tertiary/aromatic N) is 1. The summed E-state index contributed by atoms with van der Waals surface area (Å²) in [5.74, 6) is 0.839. The maximum atomic E-state index is 9.70. The lowest BCUT2D eigenvalue weighted by Gasteiger charge is -2.24. The van der Waals surface area contributed by atoms with Gasteiger partial charge in [-0.2, -0.15) is 0 Å². The van der Waals surface area contributed by atoms with Crippen molar-refractivity contribution in [1.82, 2.24) is 4.90 Å². The topological polar surface area (TPSA) is 52.9 Å². The quantitative estimate of drug-likeness (QED) is 0.732. The third-order valence-electron chi connectivity index (χ3n) is 2.94. The Morgan fingerprint density at radius 2 is 2.06 bits per heavy atom. The normalized spacial score (nSPS) is 12.7. The van der Waals surface area contributed by atoms with Crippen molar-refractivity contribution in [2.24, 2.45) is 0 Å². The van der Waals surface area contributed by atoms with Crippen LogP contribution in [-0.4, -0.2) is 48.0 Å². The lowest BCUT2D eigenvalue weighted by Crippen LogP contribution is -2.34. The molecule has 0 spiro atoms. The van der Waals surface area contributed by atoms with Crippen molar-refractivity contribution in [3.63, 3.8) is 0 Å². The minimum Gasteiger partial charge on any atom is -0.496 e. The number of hydrogen-bond acceptors (Lipinski definition) is 4. The van der Waals surface area contributed by atoms with E-state index < -0.39 is 0 Å². The van der Waals surface area contributed by atoms with Gasteiger partial charge in [-0.05, 0) is 12.5 Å². The molecule has 4 heteroatoms. The van der Waals surface area contributed by atoms with Crippen molar-refractivity contribution in [3.8, 4) is 5.75 Å². The number of aliphatic hydroxyl groups is 2. The van der Waals surface area contributed by atoms with E-state index in [9.17, 15) is 5.11 Å².